The molecule has 0 spiro atoms. The van der Waals surface area contributed by atoms with Gasteiger partial charge in [-0.1, -0.05) is 12.1 Å². The minimum absolute atomic E-state index is 0.183. The number of hydrogen-bond donors (Lipinski definition) is 0. The first-order valence-electron chi connectivity index (χ1n) is 6.20. The maximum atomic E-state index is 13.1. The molecule has 100 valence electrons. The van der Waals surface area contributed by atoms with Crippen LogP contribution in [0.1, 0.15) is 22.5 Å². The summed E-state index contributed by atoms with van der Waals surface area (Å²) in [5, 5.41) is 1.91. The number of rotatable bonds is 6. The summed E-state index contributed by atoms with van der Waals surface area (Å²) in [6.07, 6.45) is 1.30. The molecule has 1 aromatic carbocycles. The minimum atomic E-state index is -0.237. The van der Waals surface area contributed by atoms with Gasteiger partial charge in [-0.3, -0.25) is 4.79 Å². The first-order valence-corrected chi connectivity index (χ1v) is 7.08. The van der Waals surface area contributed by atoms with Crippen LogP contribution in [-0.2, 0) is 0 Å². The van der Waals surface area contributed by atoms with Crippen LogP contribution in [0, 0.1) is 5.82 Å². The summed E-state index contributed by atoms with van der Waals surface area (Å²) >= 11 is 1.48. The summed E-state index contributed by atoms with van der Waals surface area (Å²) in [4.78, 5) is 14.6. The average molecular weight is 277 g/mol. The van der Waals surface area contributed by atoms with Crippen molar-refractivity contribution in [3.05, 3.63) is 52.5 Å². The van der Waals surface area contributed by atoms with E-state index in [1.807, 2.05) is 35.5 Å². The zero-order valence-electron chi connectivity index (χ0n) is 10.8. The smallest absolute Gasteiger partial charge is 0.172 e. The lowest BCUT2D eigenvalue weighted by molar-refractivity contribution is 0.0984. The molecular weight excluding hydrogens is 261 g/mol. The van der Waals surface area contributed by atoms with Crippen molar-refractivity contribution < 1.29 is 9.18 Å². The highest BCUT2D eigenvalue weighted by Crippen LogP contribution is 2.16. The maximum Gasteiger partial charge on any atom is 0.172 e. The van der Waals surface area contributed by atoms with Gasteiger partial charge in [-0.05, 0) is 36.1 Å². The fourth-order valence-electron chi connectivity index (χ4n) is 1.88. The second-order valence-corrected chi connectivity index (χ2v) is 5.35. The number of hydrogen-bond acceptors (Lipinski definition) is 3. The molecule has 0 aliphatic rings. The Bertz CT molecular complexity index is 539. The Morgan fingerprint density at radius 1 is 1.32 bits per heavy atom. The average Bonchev–Trinajstić information content (AvgIpc) is 2.92. The van der Waals surface area contributed by atoms with E-state index in [-0.39, 0.29) is 11.6 Å². The number of carbonyl (C=O) groups excluding carboxylic acids is 1. The van der Waals surface area contributed by atoms with Crippen molar-refractivity contribution in [3.63, 3.8) is 0 Å². The van der Waals surface area contributed by atoms with Gasteiger partial charge in [-0.15, -0.1) is 11.3 Å². The molecule has 0 radical (unpaired) electrons. The number of ketones is 1. The summed E-state index contributed by atoms with van der Waals surface area (Å²) in [6.45, 7) is 0.737. The van der Waals surface area contributed by atoms with Crippen molar-refractivity contribution in [2.24, 2.45) is 0 Å². The van der Waals surface area contributed by atoms with Gasteiger partial charge in [-0.2, -0.15) is 0 Å². The zero-order chi connectivity index (χ0) is 13.7. The predicted molar refractivity (Wildman–Crippen MR) is 77.6 cm³/mol. The molecule has 0 unspecified atom stereocenters. The molecule has 0 atom stereocenters. The van der Waals surface area contributed by atoms with Gasteiger partial charge in [0, 0.05) is 25.7 Å². The SMILES string of the molecule is CN(CCCC(=O)c1cccs1)c1cccc(F)c1. The summed E-state index contributed by atoms with van der Waals surface area (Å²) < 4.78 is 13.1. The Hall–Kier alpha value is -1.68. The molecule has 2 rings (SSSR count). The molecule has 2 aromatic rings. The number of thiophene rings is 1. The van der Waals surface area contributed by atoms with E-state index in [4.69, 9.17) is 0 Å². The number of anilines is 1. The Balaban J connectivity index is 1.81. The molecule has 1 aromatic heterocycles. The van der Waals surface area contributed by atoms with Crippen LogP contribution in [-0.4, -0.2) is 19.4 Å². The second kappa shape index (κ2) is 6.48. The molecule has 0 bridgehead atoms. The van der Waals surface area contributed by atoms with Gasteiger partial charge in [0.15, 0.2) is 5.78 Å². The summed E-state index contributed by atoms with van der Waals surface area (Å²) in [6, 6.07) is 10.2. The Kier molecular flexibility index (Phi) is 4.68. The van der Waals surface area contributed by atoms with E-state index in [9.17, 15) is 9.18 Å². The highest BCUT2D eigenvalue weighted by Gasteiger charge is 2.07. The number of nitrogens with zero attached hydrogens (tertiary/aromatic N) is 1. The van der Waals surface area contributed by atoms with Crippen LogP contribution in [0.25, 0.3) is 0 Å². The number of benzene rings is 1. The van der Waals surface area contributed by atoms with Crippen LogP contribution in [0.4, 0.5) is 10.1 Å². The quantitative estimate of drug-likeness (QED) is 0.744. The van der Waals surface area contributed by atoms with Crippen molar-refractivity contribution in [2.45, 2.75) is 12.8 Å². The Labute approximate surface area is 116 Å². The Morgan fingerprint density at radius 3 is 2.84 bits per heavy atom. The first kappa shape index (κ1) is 13.7. The lowest BCUT2D eigenvalue weighted by Gasteiger charge is -2.18. The van der Waals surface area contributed by atoms with Crippen LogP contribution >= 0.6 is 11.3 Å². The van der Waals surface area contributed by atoms with Crippen LogP contribution in [0.5, 0.6) is 0 Å². The number of carbonyl (C=O) groups is 1. The van der Waals surface area contributed by atoms with Crippen molar-refractivity contribution >= 4 is 22.8 Å². The van der Waals surface area contributed by atoms with E-state index in [1.54, 1.807) is 6.07 Å². The largest absolute Gasteiger partial charge is 0.375 e. The summed E-state index contributed by atoms with van der Waals surface area (Å²) in [5.41, 5.74) is 0.837. The van der Waals surface area contributed by atoms with Crippen LogP contribution in [0.3, 0.4) is 0 Å². The van der Waals surface area contributed by atoms with E-state index in [1.165, 1.54) is 23.5 Å². The van der Waals surface area contributed by atoms with Gasteiger partial charge in [0.25, 0.3) is 0 Å². The number of halogens is 1. The fraction of sp³-hybridized carbons (Fsp3) is 0.267. The molecule has 0 saturated carbocycles. The normalized spacial score (nSPS) is 10.4. The first-order chi connectivity index (χ1) is 9.16. The Morgan fingerprint density at radius 2 is 2.16 bits per heavy atom. The lowest BCUT2D eigenvalue weighted by Crippen LogP contribution is -2.19. The molecule has 2 nitrogen and oxygen atoms in total. The van der Waals surface area contributed by atoms with Crippen LogP contribution < -0.4 is 4.90 Å². The molecule has 0 fully saturated rings. The highest BCUT2D eigenvalue weighted by atomic mass is 32.1. The fourth-order valence-corrected chi connectivity index (χ4v) is 2.57. The molecule has 0 saturated heterocycles. The molecule has 19 heavy (non-hydrogen) atoms. The molecule has 0 N–H and O–H groups in total. The predicted octanol–water partition coefficient (Wildman–Crippen LogP) is 3.99. The third kappa shape index (κ3) is 3.89. The third-order valence-corrected chi connectivity index (χ3v) is 3.85. The van der Waals surface area contributed by atoms with E-state index in [0.717, 1.165) is 23.5 Å². The molecular formula is C15H16FNOS. The topological polar surface area (TPSA) is 20.3 Å². The van der Waals surface area contributed by atoms with Crippen molar-refractivity contribution in [1.82, 2.24) is 0 Å². The monoisotopic (exact) mass is 277 g/mol. The van der Waals surface area contributed by atoms with Crippen molar-refractivity contribution in [2.75, 3.05) is 18.5 Å². The van der Waals surface area contributed by atoms with Gasteiger partial charge in [-0.25, -0.2) is 4.39 Å². The summed E-state index contributed by atoms with van der Waals surface area (Å²) in [5.74, 6) is -0.0540. The number of Topliss-reactive ketones (excluding diaryl/α,β-unsaturated/α-hetero) is 1. The molecule has 0 aliphatic carbocycles. The second-order valence-electron chi connectivity index (χ2n) is 4.41. The van der Waals surface area contributed by atoms with E-state index in [2.05, 4.69) is 0 Å². The standard InChI is InChI=1S/C15H16FNOS/c1-17(13-6-2-5-12(16)11-13)9-3-7-14(18)15-8-4-10-19-15/h2,4-6,8,10-11H,3,7,9H2,1H3. The van der Waals surface area contributed by atoms with Gasteiger partial charge in [0.05, 0.1) is 4.88 Å². The summed E-state index contributed by atoms with van der Waals surface area (Å²) in [7, 11) is 1.91. The minimum Gasteiger partial charge on any atom is -0.375 e. The zero-order valence-corrected chi connectivity index (χ0v) is 11.6. The molecule has 1 heterocycles. The van der Waals surface area contributed by atoms with E-state index >= 15 is 0 Å². The van der Waals surface area contributed by atoms with Crippen molar-refractivity contribution in [1.29, 1.82) is 0 Å². The van der Waals surface area contributed by atoms with Crippen molar-refractivity contribution in [3.8, 4) is 0 Å². The van der Waals surface area contributed by atoms with Crippen LogP contribution in [0.2, 0.25) is 0 Å². The van der Waals surface area contributed by atoms with Gasteiger partial charge >= 0.3 is 0 Å². The third-order valence-electron chi connectivity index (χ3n) is 2.94. The highest BCUT2D eigenvalue weighted by molar-refractivity contribution is 7.12. The van der Waals surface area contributed by atoms with E-state index < -0.39 is 0 Å². The van der Waals surface area contributed by atoms with Crippen LogP contribution in [0.15, 0.2) is 41.8 Å². The molecule has 0 amide bonds. The van der Waals surface area contributed by atoms with E-state index in [0.29, 0.717) is 6.42 Å². The van der Waals surface area contributed by atoms with Gasteiger partial charge < -0.3 is 4.90 Å². The van der Waals surface area contributed by atoms with Gasteiger partial charge in [0.1, 0.15) is 5.82 Å². The van der Waals surface area contributed by atoms with Gasteiger partial charge in [0.2, 0.25) is 0 Å². The molecule has 4 heteroatoms. The molecule has 0 aliphatic heterocycles. The maximum absolute atomic E-state index is 13.1. The lowest BCUT2D eigenvalue weighted by atomic mass is 10.2.